The number of anilines is 1. The lowest BCUT2D eigenvalue weighted by atomic mass is 10.1. The molecule has 1 aliphatic carbocycles. The van der Waals surface area contributed by atoms with Gasteiger partial charge in [0.25, 0.3) is 5.91 Å². The zero-order valence-electron chi connectivity index (χ0n) is 14.6. The minimum absolute atomic E-state index is 0.0159. The van der Waals surface area contributed by atoms with Crippen LogP contribution in [0.2, 0.25) is 0 Å². The zero-order valence-corrected chi connectivity index (χ0v) is 14.6. The highest BCUT2D eigenvalue weighted by molar-refractivity contribution is 5.93. The van der Waals surface area contributed by atoms with Crippen LogP contribution in [0.5, 0.6) is 0 Å². The SMILES string of the molecule is C[C@@H]1c2nc(C3CC3)nn2CCN1C(=O)c1ccc2c(n1)N(C)CC2. The van der Waals surface area contributed by atoms with Gasteiger partial charge in [-0.2, -0.15) is 5.10 Å². The lowest BCUT2D eigenvalue weighted by Crippen LogP contribution is -2.41. The molecule has 0 unspecified atom stereocenters. The predicted molar refractivity (Wildman–Crippen MR) is 92.7 cm³/mol. The molecule has 25 heavy (non-hydrogen) atoms. The molecule has 2 aromatic rings. The standard InChI is InChI=1S/C18H22N6O/c1-11-16-20-15(12-3-4-12)21-24(16)10-9-23(11)18(25)14-6-5-13-7-8-22(2)17(13)19-14/h5-6,11-12H,3-4,7-10H2,1-2H3/t11-/m1/s1. The van der Waals surface area contributed by atoms with Gasteiger partial charge in [-0.15, -0.1) is 0 Å². The average molecular weight is 338 g/mol. The van der Waals surface area contributed by atoms with Gasteiger partial charge in [-0.25, -0.2) is 14.6 Å². The number of fused-ring (bicyclic) bond motifs is 2. The maximum Gasteiger partial charge on any atom is 0.273 e. The molecule has 0 spiro atoms. The van der Waals surface area contributed by atoms with E-state index in [0.717, 1.165) is 30.4 Å². The molecule has 0 saturated heterocycles. The Bertz CT molecular complexity index is 855. The van der Waals surface area contributed by atoms with E-state index >= 15 is 0 Å². The highest BCUT2D eigenvalue weighted by Crippen LogP contribution is 2.39. The van der Waals surface area contributed by atoms with Crippen LogP contribution in [-0.4, -0.2) is 50.7 Å². The molecule has 0 aromatic carbocycles. The van der Waals surface area contributed by atoms with Crippen molar-refractivity contribution in [1.29, 1.82) is 0 Å². The van der Waals surface area contributed by atoms with Gasteiger partial charge in [-0.05, 0) is 37.8 Å². The van der Waals surface area contributed by atoms with Crippen LogP contribution >= 0.6 is 0 Å². The van der Waals surface area contributed by atoms with E-state index in [1.165, 1.54) is 18.4 Å². The van der Waals surface area contributed by atoms with Crippen molar-refractivity contribution >= 4 is 11.7 Å². The van der Waals surface area contributed by atoms with Gasteiger partial charge in [0.1, 0.15) is 17.3 Å². The molecule has 5 rings (SSSR count). The van der Waals surface area contributed by atoms with Gasteiger partial charge < -0.3 is 9.80 Å². The third kappa shape index (κ3) is 2.33. The second-order valence-electron chi connectivity index (χ2n) is 7.35. The van der Waals surface area contributed by atoms with Crippen molar-refractivity contribution in [3.63, 3.8) is 0 Å². The van der Waals surface area contributed by atoms with Crippen molar-refractivity contribution in [2.45, 2.75) is 44.7 Å². The summed E-state index contributed by atoms with van der Waals surface area (Å²) in [6, 6.07) is 3.83. The smallest absolute Gasteiger partial charge is 0.273 e. The third-order valence-electron chi connectivity index (χ3n) is 5.57. The van der Waals surface area contributed by atoms with E-state index in [1.807, 2.05) is 35.7 Å². The summed E-state index contributed by atoms with van der Waals surface area (Å²) in [5, 5.41) is 4.63. The van der Waals surface area contributed by atoms with Crippen LogP contribution in [0.25, 0.3) is 0 Å². The minimum Gasteiger partial charge on any atom is -0.359 e. The number of amides is 1. The van der Waals surface area contributed by atoms with Crippen molar-refractivity contribution in [3.8, 4) is 0 Å². The molecule has 0 radical (unpaired) electrons. The van der Waals surface area contributed by atoms with E-state index in [9.17, 15) is 4.79 Å². The van der Waals surface area contributed by atoms with Crippen molar-refractivity contribution in [2.75, 3.05) is 25.0 Å². The number of pyridine rings is 1. The number of aromatic nitrogens is 4. The number of likely N-dealkylation sites (N-methyl/N-ethyl adjacent to an activating group) is 1. The Kier molecular flexibility index (Phi) is 3.14. The van der Waals surface area contributed by atoms with Crippen LogP contribution in [0.1, 0.15) is 59.4 Å². The molecule has 1 saturated carbocycles. The van der Waals surface area contributed by atoms with Gasteiger partial charge in [0.2, 0.25) is 0 Å². The number of rotatable bonds is 2. The van der Waals surface area contributed by atoms with Crippen LogP contribution in [0.4, 0.5) is 5.82 Å². The Balaban J connectivity index is 1.43. The fourth-order valence-corrected chi connectivity index (χ4v) is 3.84. The number of carbonyl (C=O) groups is 1. The molecule has 7 nitrogen and oxygen atoms in total. The Labute approximate surface area is 146 Å². The first-order valence-corrected chi connectivity index (χ1v) is 9.08. The first-order valence-electron chi connectivity index (χ1n) is 9.08. The Morgan fingerprint density at radius 3 is 2.80 bits per heavy atom. The summed E-state index contributed by atoms with van der Waals surface area (Å²) >= 11 is 0. The van der Waals surface area contributed by atoms with Crippen LogP contribution in [-0.2, 0) is 13.0 Å². The molecule has 2 aromatic heterocycles. The van der Waals surface area contributed by atoms with Crippen molar-refractivity contribution in [3.05, 3.63) is 35.0 Å². The van der Waals surface area contributed by atoms with Crippen molar-refractivity contribution in [1.82, 2.24) is 24.6 Å². The Morgan fingerprint density at radius 2 is 2.00 bits per heavy atom. The van der Waals surface area contributed by atoms with E-state index in [2.05, 4.69) is 15.0 Å². The number of nitrogens with zero attached hydrogens (tertiary/aromatic N) is 6. The number of hydrogen-bond acceptors (Lipinski definition) is 5. The van der Waals surface area contributed by atoms with Crippen LogP contribution < -0.4 is 4.90 Å². The molecule has 0 bridgehead atoms. The first kappa shape index (κ1) is 14.9. The molecule has 0 N–H and O–H groups in total. The first-order chi connectivity index (χ1) is 12.1. The summed E-state index contributed by atoms with van der Waals surface area (Å²) in [7, 11) is 2.03. The maximum atomic E-state index is 13.1. The minimum atomic E-state index is -0.0750. The van der Waals surface area contributed by atoms with E-state index in [1.54, 1.807) is 0 Å². The lowest BCUT2D eigenvalue weighted by Gasteiger charge is -2.32. The maximum absolute atomic E-state index is 13.1. The van der Waals surface area contributed by atoms with Crippen LogP contribution in [0.15, 0.2) is 12.1 Å². The van der Waals surface area contributed by atoms with Gasteiger partial charge in [0.15, 0.2) is 5.82 Å². The predicted octanol–water partition coefficient (Wildman–Crippen LogP) is 1.76. The second-order valence-corrected chi connectivity index (χ2v) is 7.35. The molecule has 1 fully saturated rings. The third-order valence-corrected chi connectivity index (χ3v) is 5.57. The van der Waals surface area contributed by atoms with Crippen molar-refractivity contribution in [2.24, 2.45) is 0 Å². The molecule has 3 aliphatic rings. The van der Waals surface area contributed by atoms with Crippen LogP contribution in [0.3, 0.4) is 0 Å². The monoisotopic (exact) mass is 338 g/mol. The van der Waals surface area contributed by atoms with Gasteiger partial charge >= 0.3 is 0 Å². The van der Waals surface area contributed by atoms with E-state index in [4.69, 9.17) is 4.98 Å². The van der Waals surface area contributed by atoms with Gasteiger partial charge in [0.05, 0.1) is 12.6 Å². The highest BCUT2D eigenvalue weighted by atomic mass is 16.2. The average Bonchev–Trinajstić information content (AvgIpc) is 3.28. The summed E-state index contributed by atoms with van der Waals surface area (Å²) in [5.41, 5.74) is 1.74. The van der Waals surface area contributed by atoms with E-state index in [-0.39, 0.29) is 11.9 Å². The molecule has 4 heterocycles. The van der Waals surface area contributed by atoms with E-state index in [0.29, 0.717) is 24.7 Å². The molecule has 1 atom stereocenters. The molecule has 130 valence electrons. The summed E-state index contributed by atoms with van der Waals surface area (Å²) in [6.07, 6.45) is 3.38. The van der Waals surface area contributed by atoms with Gasteiger partial charge in [-0.1, -0.05) is 6.07 Å². The largest absolute Gasteiger partial charge is 0.359 e. The molecular formula is C18H22N6O. The van der Waals surface area contributed by atoms with Crippen molar-refractivity contribution < 1.29 is 4.79 Å². The molecule has 1 amide bonds. The molecular weight excluding hydrogens is 316 g/mol. The number of hydrogen-bond donors (Lipinski definition) is 0. The fraction of sp³-hybridized carbons (Fsp3) is 0.556. The zero-order chi connectivity index (χ0) is 17.1. The normalized spacial score (nSPS) is 22.1. The summed E-state index contributed by atoms with van der Waals surface area (Å²) in [5.74, 6) is 3.31. The Morgan fingerprint density at radius 1 is 1.16 bits per heavy atom. The molecule has 7 heteroatoms. The quantitative estimate of drug-likeness (QED) is 0.835. The molecule has 2 aliphatic heterocycles. The lowest BCUT2D eigenvalue weighted by molar-refractivity contribution is 0.0625. The van der Waals surface area contributed by atoms with E-state index < -0.39 is 0 Å². The van der Waals surface area contributed by atoms with Crippen LogP contribution in [0, 0.1) is 0 Å². The summed E-state index contributed by atoms with van der Waals surface area (Å²) in [6.45, 7) is 4.35. The summed E-state index contributed by atoms with van der Waals surface area (Å²) < 4.78 is 1.98. The van der Waals surface area contributed by atoms with Gasteiger partial charge in [-0.3, -0.25) is 4.79 Å². The Hall–Kier alpha value is -2.44. The fourth-order valence-electron chi connectivity index (χ4n) is 3.84. The highest BCUT2D eigenvalue weighted by Gasteiger charge is 2.35. The summed E-state index contributed by atoms with van der Waals surface area (Å²) in [4.78, 5) is 26.4. The second kappa shape index (κ2) is 5.28. The van der Waals surface area contributed by atoms with Gasteiger partial charge in [0, 0.05) is 26.1 Å². The topological polar surface area (TPSA) is 67.2 Å². The number of carbonyl (C=O) groups excluding carboxylic acids is 1.